The molecule has 1 heterocycles. The number of anilines is 3. The number of aromatic nitrogens is 1. The zero-order chi connectivity index (χ0) is 25.3. The predicted octanol–water partition coefficient (Wildman–Crippen LogP) is 5.95. The van der Waals surface area contributed by atoms with Crippen molar-refractivity contribution in [1.82, 2.24) is 10.3 Å². The van der Waals surface area contributed by atoms with Crippen LogP contribution >= 0.6 is 0 Å². The minimum atomic E-state index is -0.640. The Morgan fingerprint density at radius 2 is 1.58 bits per heavy atom. The highest BCUT2D eigenvalue weighted by Gasteiger charge is 2.25. The molecule has 2 aromatic carbocycles. The molecule has 0 radical (unpaired) electrons. The summed E-state index contributed by atoms with van der Waals surface area (Å²) < 4.78 is 5.39. The molecular weight excluding hydrogens is 452 g/mol. The largest absolute Gasteiger partial charge is 0.444 e. The van der Waals surface area contributed by atoms with Crippen molar-refractivity contribution in [3.05, 3.63) is 83.0 Å². The molecule has 1 saturated carbocycles. The van der Waals surface area contributed by atoms with E-state index in [4.69, 9.17) is 4.74 Å². The van der Waals surface area contributed by atoms with Gasteiger partial charge in [-0.05, 0) is 87.3 Å². The molecule has 0 saturated heterocycles. The van der Waals surface area contributed by atoms with Gasteiger partial charge in [0.15, 0.2) is 0 Å². The predicted molar refractivity (Wildman–Crippen MR) is 141 cm³/mol. The molecule has 0 spiro atoms. The Labute approximate surface area is 211 Å². The van der Waals surface area contributed by atoms with Crippen LogP contribution in [0.5, 0.6) is 0 Å². The molecule has 5 rings (SSSR count). The smallest absolute Gasteiger partial charge is 0.412 e. The van der Waals surface area contributed by atoms with Gasteiger partial charge in [-0.15, -0.1) is 0 Å². The van der Waals surface area contributed by atoms with E-state index in [9.17, 15) is 9.59 Å². The normalized spacial score (nSPS) is 15.2. The van der Waals surface area contributed by atoms with Gasteiger partial charge in [-0.1, -0.05) is 36.4 Å². The van der Waals surface area contributed by atoms with E-state index >= 15 is 0 Å². The summed E-state index contributed by atoms with van der Waals surface area (Å²) in [4.78, 5) is 30.2. The highest BCUT2D eigenvalue weighted by Crippen LogP contribution is 2.40. The first-order valence-corrected chi connectivity index (χ1v) is 12.5. The zero-order valence-electron chi connectivity index (χ0n) is 20.9. The number of fused-ring (bicyclic) bond motifs is 1. The summed E-state index contributed by atoms with van der Waals surface area (Å²) in [5, 5.41) is 9.12. The standard InChI is InChI=1S/C29H32N4O3/c1-29(2,3)36-28(35)32-24-16-25(27(34)31-23-14-20-6-4-5-7-21(20)15-23)33-26(17-24)30-22-12-10-19(11-13-22)18-8-9-18/h4-7,10-13,16-18,23H,8-9,14-15H2,1-3H3,(H,31,34)(H2,30,32,33,35). The van der Waals surface area contributed by atoms with Crippen molar-refractivity contribution in [3.63, 3.8) is 0 Å². The van der Waals surface area contributed by atoms with Crippen molar-refractivity contribution in [2.75, 3.05) is 10.6 Å². The number of ether oxygens (including phenoxy) is 1. The van der Waals surface area contributed by atoms with E-state index in [1.807, 2.05) is 24.3 Å². The Balaban J connectivity index is 1.35. The Bertz CT molecular complexity index is 1250. The number of nitrogens with zero attached hydrogens (tertiary/aromatic N) is 1. The minimum absolute atomic E-state index is 0.00514. The van der Waals surface area contributed by atoms with Gasteiger partial charge in [0.1, 0.15) is 17.1 Å². The Hall–Kier alpha value is -3.87. The quantitative estimate of drug-likeness (QED) is 0.402. The number of nitrogens with one attached hydrogen (secondary N) is 3. The first-order chi connectivity index (χ1) is 17.2. The summed E-state index contributed by atoms with van der Waals surface area (Å²) in [6.45, 7) is 5.40. The molecule has 36 heavy (non-hydrogen) atoms. The molecule has 1 aromatic heterocycles. The van der Waals surface area contributed by atoms with Crippen molar-refractivity contribution in [2.45, 2.75) is 64.0 Å². The number of carbonyl (C=O) groups is 2. The molecule has 2 aliphatic rings. The number of hydrogen-bond acceptors (Lipinski definition) is 5. The third-order valence-corrected chi connectivity index (χ3v) is 6.32. The van der Waals surface area contributed by atoms with Crippen LogP contribution in [0.25, 0.3) is 0 Å². The van der Waals surface area contributed by atoms with Gasteiger partial charge >= 0.3 is 6.09 Å². The monoisotopic (exact) mass is 484 g/mol. The van der Waals surface area contributed by atoms with Crippen LogP contribution in [0.15, 0.2) is 60.7 Å². The van der Waals surface area contributed by atoms with Gasteiger partial charge in [0, 0.05) is 17.8 Å². The summed E-state index contributed by atoms with van der Waals surface area (Å²) in [5.41, 5.74) is 4.72. The molecule has 0 atom stereocenters. The molecule has 3 aromatic rings. The number of carbonyl (C=O) groups excluding carboxylic acids is 2. The third-order valence-electron chi connectivity index (χ3n) is 6.32. The summed E-state index contributed by atoms with van der Waals surface area (Å²) in [6.07, 6.45) is 3.48. The molecule has 186 valence electrons. The highest BCUT2D eigenvalue weighted by atomic mass is 16.6. The van der Waals surface area contributed by atoms with Crippen molar-refractivity contribution < 1.29 is 14.3 Å². The lowest BCUT2D eigenvalue weighted by molar-refractivity contribution is 0.0635. The van der Waals surface area contributed by atoms with Crippen LogP contribution < -0.4 is 16.0 Å². The number of benzene rings is 2. The molecule has 7 nitrogen and oxygen atoms in total. The van der Waals surface area contributed by atoms with Crippen LogP contribution in [0.1, 0.15) is 66.7 Å². The second kappa shape index (κ2) is 9.64. The Kier molecular flexibility index (Phi) is 6.39. The van der Waals surface area contributed by atoms with E-state index in [-0.39, 0.29) is 17.6 Å². The van der Waals surface area contributed by atoms with Gasteiger partial charge in [0.25, 0.3) is 5.91 Å². The SMILES string of the molecule is CC(C)(C)OC(=O)Nc1cc(Nc2ccc(C3CC3)cc2)nc(C(=O)NC2Cc3ccccc3C2)c1. The first-order valence-electron chi connectivity index (χ1n) is 12.5. The van der Waals surface area contributed by atoms with Crippen molar-refractivity contribution in [1.29, 1.82) is 0 Å². The van der Waals surface area contributed by atoms with Crippen LogP contribution in [0.3, 0.4) is 0 Å². The molecule has 0 aliphatic heterocycles. The van der Waals surface area contributed by atoms with Gasteiger partial charge < -0.3 is 15.4 Å². The molecule has 7 heteroatoms. The van der Waals surface area contributed by atoms with Crippen molar-refractivity contribution in [2.24, 2.45) is 0 Å². The molecule has 3 N–H and O–H groups in total. The van der Waals surface area contributed by atoms with Crippen molar-refractivity contribution >= 4 is 29.2 Å². The number of rotatable bonds is 6. The van der Waals surface area contributed by atoms with Crippen LogP contribution in [0, 0.1) is 0 Å². The van der Waals surface area contributed by atoms with Gasteiger partial charge in [0.2, 0.25) is 0 Å². The molecule has 0 bridgehead atoms. The van der Waals surface area contributed by atoms with Gasteiger partial charge in [-0.3, -0.25) is 10.1 Å². The summed E-state index contributed by atoms with van der Waals surface area (Å²) >= 11 is 0. The van der Waals surface area contributed by atoms with E-state index in [0.717, 1.165) is 18.5 Å². The number of pyridine rings is 1. The van der Waals surface area contributed by atoms with Crippen LogP contribution in [0.4, 0.5) is 22.0 Å². The van der Waals surface area contributed by atoms with Gasteiger partial charge in [0.05, 0.1) is 5.69 Å². The Morgan fingerprint density at radius 3 is 2.19 bits per heavy atom. The summed E-state index contributed by atoms with van der Waals surface area (Å²) in [6, 6.07) is 19.8. The average molecular weight is 485 g/mol. The van der Waals surface area contributed by atoms with Gasteiger partial charge in [-0.2, -0.15) is 0 Å². The molecule has 0 unspecified atom stereocenters. The van der Waals surface area contributed by atoms with E-state index < -0.39 is 11.7 Å². The van der Waals surface area contributed by atoms with Crippen LogP contribution in [-0.4, -0.2) is 28.6 Å². The van der Waals surface area contributed by atoms with E-state index in [2.05, 4.69) is 45.2 Å². The number of hydrogen-bond donors (Lipinski definition) is 3. The summed E-state index contributed by atoms with van der Waals surface area (Å²) in [5.74, 6) is 0.853. The zero-order valence-corrected chi connectivity index (χ0v) is 20.9. The van der Waals surface area contributed by atoms with E-state index in [0.29, 0.717) is 17.4 Å². The lowest BCUT2D eigenvalue weighted by Gasteiger charge is -2.20. The minimum Gasteiger partial charge on any atom is -0.444 e. The topological polar surface area (TPSA) is 92.3 Å². The van der Waals surface area contributed by atoms with Gasteiger partial charge in [-0.25, -0.2) is 9.78 Å². The molecular formula is C29H32N4O3. The van der Waals surface area contributed by atoms with E-state index in [1.54, 1.807) is 32.9 Å². The van der Waals surface area contributed by atoms with Crippen LogP contribution in [-0.2, 0) is 17.6 Å². The number of amides is 2. The van der Waals surface area contributed by atoms with E-state index in [1.165, 1.54) is 29.5 Å². The fourth-order valence-electron chi connectivity index (χ4n) is 4.53. The molecule has 1 fully saturated rings. The molecule has 2 aliphatic carbocycles. The second-order valence-electron chi connectivity index (χ2n) is 10.6. The Morgan fingerprint density at radius 1 is 0.917 bits per heavy atom. The fraction of sp³-hybridized carbons (Fsp3) is 0.345. The lowest BCUT2D eigenvalue weighted by Crippen LogP contribution is -2.36. The maximum Gasteiger partial charge on any atom is 0.412 e. The fourth-order valence-corrected chi connectivity index (χ4v) is 4.53. The van der Waals surface area contributed by atoms with Crippen molar-refractivity contribution in [3.8, 4) is 0 Å². The molecule has 2 amide bonds. The maximum absolute atomic E-state index is 13.2. The third kappa shape index (κ3) is 6.03. The first kappa shape index (κ1) is 23.9. The maximum atomic E-state index is 13.2. The second-order valence-corrected chi connectivity index (χ2v) is 10.6. The average Bonchev–Trinajstić information content (AvgIpc) is 3.57. The van der Waals surface area contributed by atoms with Crippen LogP contribution in [0.2, 0.25) is 0 Å². The lowest BCUT2D eigenvalue weighted by atomic mass is 10.1. The highest BCUT2D eigenvalue weighted by molar-refractivity contribution is 5.95. The summed E-state index contributed by atoms with van der Waals surface area (Å²) in [7, 11) is 0.